The number of hydrogen-bond donors (Lipinski definition) is 3. The van der Waals surface area contributed by atoms with Crippen LogP contribution in [-0.2, 0) is 33.5 Å². The molecule has 1 unspecified atom stereocenters. The number of β-lactam (4-membered cyclic amide) rings is 1. The topological polar surface area (TPSA) is 191 Å². The number of nitrogens with two attached hydrogens (primary N) is 1. The van der Waals surface area contributed by atoms with Crippen LogP contribution in [0.3, 0.4) is 0 Å². The Labute approximate surface area is 213 Å². The molecule has 0 spiro atoms. The Bertz CT molecular complexity index is 1400. The van der Waals surface area contributed by atoms with Crippen LogP contribution in [0.5, 0.6) is 0 Å². The zero-order valence-corrected chi connectivity index (χ0v) is 21.1. The number of benzene rings is 1. The highest BCUT2D eigenvalue weighted by molar-refractivity contribution is 8.00. The molecule has 0 aliphatic carbocycles. The second kappa shape index (κ2) is 9.79. The van der Waals surface area contributed by atoms with Crippen molar-refractivity contribution in [2.45, 2.75) is 23.2 Å². The minimum atomic E-state index is -4.34. The van der Waals surface area contributed by atoms with Gasteiger partial charge in [-0.15, -0.1) is 23.1 Å². The number of oxime groups is 1. The normalized spacial score (nSPS) is 19.9. The molecule has 0 bridgehead atoms. The molecule has 1 aromatic carbocycles. The summed E-state index contributed by atoms with van der Waals surface area (Å²) in [7, 11) is -3.12. The highest BCUT2D eigenvalue weighted by Gasteiger charge is 2.55. The van der Waals surface area contributed by atoms with Crippen molar-refractivity contribution in [3.63, 3.8) is 0 Å². The second-order valence-corrected chi connectivity index (χ2v) is 11.0. The van der Waals surface area contributed by atoms with Crippen molar-refractivity contribution in [2.75, 3.05) is 18.6 Å². The lowest BCUT2D eigenvalue weighted by molar-refractivity contribution is -0.150. The molecule has 16 heteroatoms. The number of thiazole rings is 1. The highest BCUT2D eigenvalue weighted by atomic mass is 32.2. The lowest BCUT2D eigenvalue weighted by Gasteiger charge is -2.48. The molecule has 190 valence electrons. The molecule has 4 N–H and O–H groups in total. The SMILES string of the molecule is CON=C(C(=O)NC1C(=O)N2C(C(=O)O)=C(OS(=O)(=O)c3ccc(C)cc3)CS[C@H]12)c1csc(N)n1. The number of rotatable bonds is 8. The van der Waals surface area contributed by atoms with Gasteiger partial charge in [0, 0.05) is 5.38 Å². The molecule has 0 radical (unpaired) electrons. The summed E-state index contributed by atoms with van der Waals surface area (Å²) in [5.74, 6) is -3.67. The fraction of sp³-hybridized carbons (Fsp3) is 0.250. The summed E-state index contributed by atoms with van der Waals surface area (Å²) < 4.78 is 30.5. The van der Waals surface area contributed by atoms with Crippen molar-refractivity contribution in [1.29, 1.82) is 0 Å². The molecular weight excluding hydrogens is 534 g/mol. The van der Waals surface area contributed by atoms with E-state index >= 15 is 0 Å². The molecule has 2 aliphatic rings. The first-order valence-electron chi connectivity index (χ1n) is 10.1. The molecule has 2 atom stereocenters. The number of thioether (sulfide) groups is 1. The monoisotopic (exact) mass is 553 g/mol. The lowest BCUT2D eigenvalue weighted by Crippen LogP contribution is -2.71. The van der Waals surface area contributed by atoms with Gasteiger partial charge in [-0.2, -0.15) is 8.42 Å². The zero-order valence-electron chi connectivity index (χ0n) is 18.7. The molecule has 2 amide bonds. The van der Waals surface area contributed by atoms with Gasteiger partial charge in [-0.05, 0) is 19.1 Å². The number of fused-ring (bicyclic) bond motifs is 1. The summed E-state index contributed by atoms with van der Waals surface area (Å²) >= 11 is 2.11. The average molecular weight is 554 g/mol. The van der Waals surface area contributed by atoms with Crippen molar-refractivity contribution < 1.29 is 36.9 Å². The quantitative estimate of drug-likeness (QED) is 0.178. The minimum Gasteiger partial charge on any atom is -0.476 e. The van der Waals surface area contributed by atoms with Crippen LogP contribution in [0.1, 0.15) is 11.3 Å². The van der Waals surface area contributed by atoms with Gasteiger partial charge in [-0.1, -0.05) is 22.9 Å². The van der Waals surface area contributed by atoms with E-state index < -0.39 is 50.8 Å². The number of aromatic nitrogens is 1. The Morgan fingerprint density at radius 2 is 2.00 bits per heavy atom. The molecule has 13 nitrogen and oxygen atoms in total. The van der Waals surface area contributed by atoms with E-state index in [2.05, 4.69) is 15.5 Å². The smallest absolute Gasteiger partial charge is 0.356 e. The Morgan fingerprint density at radius 3 is 2.58 bits per heavy atom. The molecule has 4 rings (SSSR count). The number of nitrogens with zero attached hydrogens (tertiary/aromatic N) is 3. The van der Waals surface area contributed by atoms with Crippen LogP contribution in [0.15, 0.2) is 51.2 Å². The van der Waals surface area contributed by atoms with E-state index in [4.69, 9.17) is 14.8 Å². The number of carbonyl (C=O) groups is 3. The van der Waals surface area contributed by atoms with E-state index in [-0.39, 0.29) is 27.2 Å². The summed E-state index contributed by atoms with van der Waals surface area (Å²) in [5, 5.41) is 16.8. The van der Waals surface area contributed by atoms with E-state index in [0.29, 0.717) is 0 Å². The van der Waals surface area contributed by atoms with Crippen molar-refractivity contribution >= 4 is 61.8 Å². The maximum atomic E-state index is 12.9. The van der Waals surface area contributed by atoms with Crippen LogP contribution >= 0.6 is 23.1 Å². The number of nitrogens with one attached hydrogen (secondary N) is 1. The van der Waals surface area contributed by atoms with Crippen molar-refractivity contribution in [2.24, 2.45) is 5.16 Å². The van der Waals surface area contributed by atoms with Gasteiger partial charge in [0.1, 0.15) is 29.1 Å². The van der Waals surface area contributed by atoms with Crippen LogP contribution in [0.25, 0.3) is 0 Å². The molecular formula is C20H19N5O8S3. The average Bonchev–Trinajstić information content (AvgIpc) is 3.26. The fourth-order valence-electron chi connectivity index (χ4n) is 3.44. The van der Waals surface area contributed by atoms with Gasteiger partial charge in [0.15, 0.2) is 22.3 Å². The van der Waals surface area contributed by atoms with Crippen molar-refractivity contribution in [1.82, 2.24) is 15.2 Å². The van der Waals surface area contributed by atoms with E-state index in [9.17, 15) is 27.9 Å². The third-order valence-corrected chi connectivity index (χ3v) is 8.30. The van der Waals surface area contributed by atoms with Gasteiger partial charge in [0.05, 0.1) is 5.75 Å². The maximum absolute atomic E-state index is 12.9. The summed E-state index contributed by atoms with van der Waals surface area (Å²) in [4.78, 5) is 47.1. The number of aryl methyl sites for hydroxylation is 1. The molecule has 3 heterocycles. The van der Waals surface area contributed by atoms with Crippen LogP contribution < -0.4 is 11.1 Å². The number of carboxylic acid groups (broad SMARTS) is 1. The number of hydrogen-bond acceptors (Lipinski definition) is 12. The van der Waals surface area contributed by atoms with Crippen LogP contribution in [0.4, 0.5) is 5.13 Å². The molecule has 2 aliphatic heterocycles. The number of anilines is 1. The lowest BCUT2D eigenvalue weighted by atomic mass is 10.0. The van der Waals surface area contributed by atoms with Gasteiger partial charge < -0.3 is 25.2 Å². The summed E-state index contributed by atoms with van der Waals surface area (Å²) in [6.07, 6.45) is 0. The van der Waals surface area contributed by atoms with Gasteiger partial charge in [-0.25, -0.2) is 9.78 Å². The first-order valence-corrected chi connectivity index (χ1v) is 13.4. The minimum absolute atomic E-state index is 0.139. The molecule has 2 aromatic rings. The Balaban J connectivity index is 1.55. The zero-order chi connectivity index (χ0) is 26.2. The molecule has 1 fully saturated rings. The van der Waals surface area contributed by atoms with Crippen molar-refractivity contribution in [3.8, 4) is 0 Å². The largest absolute Gasteiger partial charge is 0.476 e. The maximum Gasteiger partial charge on any atom is 0.356 e. The number of carboxylic acids is 1. The Hall–Kier alpha value is -3.63. The molecule has 1 saturated heterocycles. The van der Waals surface area contributed by atoms with Crippen LogP contribution in [0.2, 0.25) is 0 Å². The number of amides is 2. The van der Waals surface area contributed by atoms with Gasteiger partial charge in [-0.3, -0.25) is 14.5 Å². The van der Waals surface area contributed by atoms with Gasteiger partial charge in [0.2, 0.25) is 0 Å². The van der Waals surface area contributed by atoms with Crippen LogP contribution in [0, 0.1) is 6.92 Å². The van der Waals surface area contributed by atoms with E-state index in [0.717, 1.165) is 33.6 Å². The third kappa shape index (κ3) is 4.74. The summed E-state index contributed by atoms with van der Waals surface area (Å²) in [5.41, 5.74) is 5.74. The first-order chi connectivity index (χ1) is 17.0. The second-order valence-electron chi connectivity index (χ2n) is 7.48. The van der Waals surface area contributed by atoms with Gasteiger partial charge >= 0.3 is 16.1 Å². The first kappa shape index (κ1) is 25.5. The molecule has 1 aromatic heterocycles. The number of aliphatic carboxylic acids is 1. The van der Waals surface area contributed by atoms with Gasteiger partial charge in [0.25, 0.3) is 11.8 Å². The number of carbonyl (C=O) groups excluding carboxylic acids is 2. The third-order valence-electron chi connectivity index (χ3n) is 5.10. The molecule has 0 saturated carbocycles. The predicted molar refractivity (Wildman–Crippen MR) is 129 cm³/mol. The highest BCUT2D eigenvalue weighted by Crippen LogP contribution is 2.41. The van der Waals surface area contributed by atoms with E-state index in [1.807, 2.05) is 0 Å². The summed E-state index contributed by atoms with van der Waals surface area (Å²) in [6.45, 7) is 1.78. The van der Waals surface area contributed by atoms with Crippen LogP contribution in [-0.4, -0.2) is 71.2 Å². The standard InChI is InChI=1S/C20H19N5O8S3/c1-9-3-5-10(6-4-9)36(30,31)33-12-8-34-18-14(17(27)25(18)15(12)19(28)29)23-16(26)13(24-32-2)11-7-35-20(21)22-11/h3-7,14,18H,8H2,1-2H3,(H2,21,22)(H,23,26)(H,28,29)/t14?,18-/m1/s1. The fourth-order valence-corrected chi connectivity index (χ4v) is 6.29. The molecule has 36 heavy (non-hydrogen) atoms. The van der Waals surface area contributed by atoms with Crippen molar-refractivity contribution in [3.05, 3.63) is 52.4 Å². The Kier molecular flexibility index (Phi) is 6.92. The van der Waals surface area contributed by atoms with E-state index in [1.54, 1.807) is 19.1 Å². The summed E-state index contributed by atoms with van der Waals surface area (Å²) in [6, 6.07) is 4.70. The predicted octanol–water partition coefficient (Wildman–Crippen LogP) is 0.486. The van der Waals surface area contributed by atoms with E-state index in [1.165, 1.54) is 24.6 Å². The number of nitrogen functional groups attached to an aromatic ring is 1. The Morgan fingerprint density at radius 1 is 1.31 bits per heavy atom.